The van der Waals surface area contributed by atoms with E-state index < -0.39 is 0 Å². The SMILES string of the molecule is CC(CN)Nc1ncnc2c1CCC2. The lowest BCUT2D eigenvalue weighted by Gasteiger charge is -2.14. The minimum absolute atomic E-state index is 0.273. The maximum absolute atomic E-state index is 5.56. The first-order valence-electron chi connectivity index (χ1n) is 5.10. The van der Waals surface area contributed by atoms with Crippen LogP contribution in [0.15, 0.2) is 6.33 Å². The van der Waals surface area contributed by atoms with Gasteiger partial charge in [-0.15, -0.1) is 0 Å². The molecule has 1 heterocycles. The van der Waals surface area contributed by atoms with Crippen molar-refractivity contribution in [1.29, 1.82) is 0 Å². The van der Waals surface area contributed by atoms with E-state index in [0.717, 1.165) is 18.7 Å². The molecule has 2 rings (SSSR count). The molecule has 4 nitrogen and oxygen atoms in total. The van der Waals surface area contributed by atoms with Gasteiger partial charge in [0.25, 0.3) is 0 Å². The number of nitrogens with two attached hydrogens (primary N) is 1. The molecule has 0 radical (unpaired) electrons. The lowest BCUT2D eigenvalue weighted by Crippen LogP contribution is -2.26. The highest BCUT2D eigenvalue weighted by Crippen LogP contribution is 2.25. The molecule has 0 spiro atoms. The van der Waals surface area contributed by atoms with Gasteiger partial charge in [-0.1, -0.05) is 0 Å². The minimum atomic E-state index is 0.273. The van der Waals surface area contributed by atoms with Crippen molar-refractivity contribution in [1.82, 2.24) is 9.97 Å². The quantitative estimate of drug-likeness (QED) is 0.741. The van der Waals surface area contributed by atoms with Crippen LogP contribution < -0.4 is 11.1 Å². The molecular weight excluding hydrogens is 176 g/mol. The van der Waals surface area contributed by atoms with Gasteiger partial charge in [0, 0.05) is 23.8 Å². The normalized spacial score (nSPS) is 16.4. The van der Waals surface area contributed by atoms with E-state index in [1.807, 2.05) is 0 Å². The molecule has 1 aliphatic rings. The number of fused-ring (bicyclic) bond motifs is 1. The van der Waals surface area contributed by atoms with Crippen LogP contribution in [0.1, 0.15) is 24.6 Å². The summed E-state index contributed by atoms with van der Waals surface area (Å²) in [5, 5.41) is 3.32. The first kappa shape index (κ1) is 9.40. The van der Waals surface area contributed by atoms with Crippen molar-refractivity contribution in [2.45, 2.75) is 32.2 Å². The van der Waals surface area contributed by atoms with Crippen molar-refractivity contribution in [3.63, 3.8) is 0 Å². The number of nitrogens with zero attached hydrogens (tertiary/aromatic N) is 2. The van der Waals surface area contributed by atoms with Crippen molar-refractivity contribution in [3.8, 4) is 0 Å². The third kappa shape index (κ3) is 1.70. The summed E-state index contributed by atoms with van der Waals surface area (Å²) in [6, 6.07) is 0.273. The number of aromatic nitrogens is 2. The molecule has 0 saturated carbocycles. The third-order valence-electron chi connectivity index (χ3n) is 2.61. The molecule has 1 aliphatic carbocycles. The van der Waals surface area contributed by atoms with E-state index in [1.54, 1.807) is 6.33 Å². The number of aryl methyl sites for hydroxylation is 1. The Hall–Kier alpha value is -1.16. The van der Waals surface area contributed by atoms with Crippen LogP contribution in [0.2, 0.25) is 0 Å². The lowest BCUT2D eigenvalue weighted by molar-refractivity contribution is 0.793. The Kier molecular flexibility index (Phi) is 2.63. The van der Waals surface area contributed by atoms with Gasteiger partial charge in [0.15, 0.2) is 0 Å². The molecule has 1 unspecified atom stereocenters. The molecule has 4 heteroatoms. The van der Waals surface area contributed by atoms with Gasteiger partial charge in [0.1, 0.15) is 12.1 Å². The summed E-state index contributed by atoms with van der Waals surface area (Å²) in [6.45, 7) is 2.68. The monoisotopic (exact) mass is 192 g/mol. The Labute approximate surface area is 83.9 Å². The lowest BCUT2D eigenvalue weighted by atomic mass is 10.2. The van der Waals surface area contributed by atoms with Gasteiger partial charge in [0.05, 0.1) is 0 Å². The molecule has 0 saturated heterocycles. The maximum atomic E-state index is 5.56. The van der Waals surface area contributed by atoms with E-state index in [4.69, 9.17) is 5.73 Å². The number of anilines is 1. The van der Waals surface area contributed by atoms with Crippen LogP contribution in [0.5, 0.6) is 0 Å². The molecule has 0 aromatic carbocycles. The second-order valence-electron chi connectivity index (χ2n) is 3.78. The molecule has 0 fully saturated rings. The Morgan fingerprint density at radius 1 is 1.50 bits per heavy atom. The molecule has 1 atom stereocenters. The van der Waals surface area contributed by atoms with Crippen LogP contribution in [0.4, 0.5) is 5.82 Å². The molecule has 0 bridgehead atoms. The zero-order valence-corrected chi connectivity index (χ0v) is 8.45. The van der Waals surface area contributed by atoms with Crippen molar-refractivity contribution in [3.05, 3.63) is 17.6 Å². The first-order chi connectivity index (χ1) is 6.81. The highest BCUT2D eigenvalue weighted by Gasteiger charge is 2.17. The average Bonchev–Trinajstić information content (AvgIpc) is 2.66. The van der Waals surface area contributed by atoms with Gasteiger partial charge in [0.2, 0.25) is 0 Å². The van der Waals surface area contributed by atoms with Crippen molar-refractivity contribution in [2.75, 3.05) is 11.9 Å². The summed E-state index contributed by atoms with van der Waals surface area (Å²) in [5.74, 6) is 0.977. The number of rotatable bonds is 3. The predicted molar refractivity (Wildman–Crippen MR) is 56.2 cm³/mol. The summed E-state index contributed by atoms with van der Waals surface area (Å²) in [4.78, 5) is 8.53. The van der Waals surface area contributed by atoms with Crippen LogP contribution >= 0.6 is 0 Å². The summed E-state index contributed by atoms with van der Waals surface area (Å²) >= 11 is 0. The van der Waals surface area contributed by atoms with Crippen molar-refractivity contribution in [2.24, 2.45) is 5.73 Å². The van der Waals surface area contributed by atoms with Gasteiger partial charge in [-0.2, -0.15) is 0 Å². The van der Waals surface area contributed by atoms with Gasteiger partial charge in [-0.3, -0.25) is 0 Å². The molecule has 1 aromatic rings. The second-order valence-corrected chi connectivity index (χ2v) is 3.78. The van der Waals surface area contributed by atoms with Crippen molar-refractivity contribution < 1.29 is 0 Å². The Morgan fingerprint density at radius 2 is 2.36 bits per heavy atom. The molecule has 1 aromatic heterocycles. The highest BCUT2D eigenvalue weighted by molar-refractivity contribution is 5.48. The number of hydrogen-bond acceptors (Lipinski definition) is 4. The van der Waals surface area contributed by atoms with E-state index in [2.05, 4.69) is 22.2 Å². The van der Waals surface area contributed by atoms with Crippen LogP contribution in [0.3, 0.4) is 0 Å². The fraction of sp³-hybridized carbons (Fsp3) is 0.600. The van der Waals surface area contributed by atoms with E-state index in [-0.39, 0.29) is 6.04 Å². The molecule has 0 aliphatic heterocycles. The fourth-order valence-electron chi connectivity index (χ4n) is 1.78. The van der Waals surface area contributed by atoms with E-state index in [9.17, 15) is 0 Å². The Balaban J connectivity index is 2.22. The highest BCUT2D eigenvalue weighted by atomic mass is 15.0. The van der Waals surface area contributed by atoms with Crippen molar-refractivity contribution >= 4 is 5.82 Å². The molecule has 3 N–H and O–H groups in total. The van der Waals surface area contributed by atoms with Crippen LogP contribution in [-0.4, -0.2) is 22.6 Å². The Morgan fingerprint density at radius 3 is 3.14 bits per heavy atom. The molecule has 76 valence electrons. The van der Waals surface area contributed by atoms with Crippen LogP contribution in [0.25, 0.3) is 0 Å². The van der Waals surface area contributed by atoms with Gasteiger partial charge < -0.3 is 11.1 Å². The zero-order chi connectivity index (χ0) is 9.97. The average molecular weight is 192 g/mol. The van der Waals surface area contributed by atoms with Gasteiger partial charge in [-0.25, -0.2) is 9.97 Å². The molecular formula is C10H16N4. The Bertz CT molecular complexity index is 324. The maximum Gasteiger partial charge on any atom is 0.133 e. The molecule has 0 amide bonds. The van der Waals surface area contributed by atoms with Crippen LogP contribution in [-0.2, 0) is 12.8 Å². The third-order valence-corrected chi connectivity index (χ3v) is 2.61. The zero-order valence-electron chi connectivity index (χ0n) is 8.45. The number of nitrogens with one attached hydrogen (secondary N) is 1. The number of hydrogen-bond donors (Lipinski definition) is 2. The topological polar surface area (TPSA) is 63.8 Å². The summed E-state index contributed by atoms with van der Waals surface area (Å²) in [6.07, 6.45) is 5.01. The van der Waals surface area contributed by atoms with E-state index in [1.165, 1.54) is 17.7 Å². The van der Waals surface area contributed by atoms with Gasteiger partial charge in [-0.05, 0) is 26.2 Å². The summed E-state index contributed by atoms with van der Waals surface area (Å²) < 4.78 is 0. The minimum Gasteiger partial charge on any atom is -0.366 e. The standard InChI is InChI=1S/C10H16N4/c1-7(5-11)14-10-8-3-2-4-9(8)12-6-13-10/h6-7H,2-5,11H2,1H3,(H,12,13,14). The fourth-order valence-corrected chi connectivity index (χ4v) is 1.78. The largest absolute Gasteiger partial charge is 0.366 e. The smallest absolute Gasteiger partial charge is 0.133 e. The van der Waals surface area contributed by atoms with E-state index in [0.29, 0.717) is 6.54 Å². The first-order valence-corrected chi connectivity index (χ1v) is 5.10. The molecule has 14 heavy (non-hydrogen) atoms. The van der Waals surface area contributed by atoms with E-state index >= 15 is 0 Å². The second kappa shape index (κ2) is 3.92. The summed E-state index contributed by atoms with van der Waals surface area (Å²) in [7, 11) is 0. The van der Waals surface area contributed by atoms with Crippen LogP contribution in [0, 0.1) is 0 Å². The van der Waals surface area contributed by atoms with Gasteiger partial charge >= 0.3 is 0 Å². The summed E-state index contributed by atoms with van der Waals surface area (Å²) in [5.41, 5.74) is 8.04. The predicted octanol–water partition coefficient (Wildman–Crippen LogP) is 0.724.